The van der Waals surface area contributed by atoms with Crippen molar-refractivity contribution in [1.29, 1.82) is 0 Å². The molecule has 1 fully saturated rings. The van der Waals surface area contributed by atoms with Crippen molar-refractivity contribution in [2.24, 2.45) is 0 Å². The first kappa shape index (κ1) is 12.7. The van der Waals surface area contributed by atoms with Crippen LogP contribution in [0.3, 0.4) is 0 Å². The predicted molar refractivity (Wildman–Crippen MR) is 72.1 cm³/mol. The van der Waals surface area contributed by atoms with E-state index in [4.69, 9.17) is 5.73 Å². The maximum atomic E-state index is 11.2. The fourth-order valence-electron chi connectivity index (χ4n) is 2.37. The van der Waals surface area contributed by atoms with Crippen molar-refractivity contribution in [1.82, 2.24) is 4.90 Å². The van der Waals surface area contributed by atoms with E-state index in [9.17, 15) is 9.90 Å². The molecular weight excluding hydrogens is 230 g/mol. The summed E-state index contributed by atoms with van der Waals surface area (Å²) >= 11 is 0. The van der Waals surface area contributed by atoms with Gasteiger partial charge in [0.1, 0.15) is 0 Å². The molecule has 5 heteroatoms. The molecular formula is C13H19N3O2. The molecule has 0 atom stereocenters. The largest absolute Gasteiger partial charge is 0.478 e. The van der Waals surface area contributed by atoms with E-state index >= 15 is 0 Å². The van der Waals surface area contributed by atoms with Gasteiger partial charge in [-0.2, -0.15) is 0 Å². The van der Waals surface area contributed by atoms with Crippen molar-refractivity contribution in [2.75, 3.05) is 43.4 Å². The number of nitrogens with two attached hydrogens (primary N) is 1. The number of carboxylic acid groups (broad SMARTS) is 1. The van der Waals surface area contributed by atoms with Gasteiger partial charge in [-0.3, -0.25) is 0 Å². The molecule has 1 aromatic rings. The quantitative estimate of drug-likeness (QED) is 0.785. The van der Waals surface area contributed by atoms with Crippen LogP contribution in [0.15, 0.2) is 18.2 Å². The van der Waals surface area contributed by atoms with E-state index in [1.807, 2.05) is 0 Å². The van der Waals surface area contributed by atoms with Gasteiger partial charge in [0.05, 0.1) is 16.9 Å². The summed E-state index contributed by atoms with van der Waals surface area (Å²) in [6.45, 7) is 6.71. The van der Waals surface area contributed by atoms with Crippen LogP contribution in [0.4, 0.5) is 11.4 Å². The minimum Gasteiger partial charge on any atom is -0.478 e. The zero-order chi connectivity index (χ0) is 13.1. The maximum absolute atomic E-state index is 11.2. The van der Waals surface area contributed by atoms with Crippen molar-refractivity contribution in [3.63, 3.8) is 0 Å². The summed E-state index contributed by atoms with van der Waals surface area (Å²) in [5.41, 5.74) is 7.44. The number of aromatic carboxylic acids is 1. The minimum atomic E-state index is -0.921. The number of carbonyl (C=O) groups is 1. The van der Waals surface area contributed by atoms with Crippen molar-refractivity contribution >= 4 is 17.3 Å². The number of piperazine rings is 1. The third kappa shape index (κ3) is 2.41. The Morgan fingerprint density at radius 2 is 2.00 bits per heavy atom. The van der Waals surface area contributed by atoms with Crippen LogP contribution in [0, 0.1) is 0 Å². The Kier molecular flexibility index (Phi) is 3.72. The molecule has 0 radical (unpaired) electrons. The molecule has 5 nitrogen and oxygen atoms in total. The molecule has 2 rings (SSSR count). The van der Waals surface area contributed by atoms with Crippen molar-refractivity contribution in [2.45, 2.75) is 6.92 Å². The highest BCUT2D eigenvalue weighted by Crippen LogP contribution is 2.28. The second kappa shape index (κ2) is 5.27. The topological polar surface area (TPSA) is 69.8 Å². The Morgan fingerprint density at radius 1 is 1.33 bits per heavy atom. The number of hydrogen-bond donors (Lipinski definition) is 2. The summed E-state index contributed by atoms with van der Waals surface area (Å²) in [5, 5.41) is 9.23. The van der Waals surface area contributed by atoms with Gasteiger partial charge in [-0.25, -0.2) is 4.79 Å². The number of carboxylic acids is 1. The first-order valence-corrected chi connectivity index (χ1v) is 6.22. The SMILES string of the molecule is CCN1CCN(c2c(N)cccc2C(=O)O)CC1. The standard InChI is InChI=1S/C13H19N3O2/c1-2-15-6-8-16(9-7-15)12-10(13(17)18)4-3-5-11(12)14/h3-5H,2,6-9,14H2,1H3,(H,17,18). The van der Waals surface area contributed by atoms with E-state index in [1.165, 1.54) is 0 Å². The molecule has 0 bridgehead atoms. The molecule has 1 aliphatic heterocycles. The molecule has 98 valence electrons. The molecule has 0 spiro atoms. The second-order valence-electron chi connectivity index (χ2n) is 4.47. The summed E-state index contributed by atoms with van der Waals surface area (Å²) in [6, 6.07) is 5.05. The lowest BCUT2D eigenvalue weighted by atomic mass is 10.1. The number of likely N-dealkylation sites (N-methyl/N-ethyl adjacent to an activating group) is 1. The van der Waals surface area contributed by atoms with Gasteiger partial charge in [-0.1, -0.05) is 13.0 Å². The lowest BCUT2D eigenvalue weighted by Gasteiger charge is -2.36. The summed E-state index contributed by atoms with van der Waals surface area (Å²) in [6.07, 6.45) is 0. The number of nitrogen functional groups attached to an aromatic ring is 1. The van der Waals surface area contributed by atoms with Crippen LogP contribution in [0.25, 0.3) is 0 Å². The molecule has 1 heterocycles. The highest BCUT2D eigenvalue weighted by Gasteiger charge is 2.22. The first-order valence-electron chi connectivity index (χ1n) is 6.22. The van der Waals surface area contributed by atoms with E-state index in [0.29, 0.717) is 16.9 Å². The van der Waals surface area contributed by atoms with Gasteiger partial charge in [0.2, 0.25) is 0 Å². The number of benzene rings is 1. The summed E-state index contributed by atoms with van der Waals surface area (Å²) in [5.74, 6) is -0.921. The third-order valence-electron chi connectivity index (χ3n) is 3.43. The fraction of sp³-hybridized carbons (Fsp3) is 0.462. The Labute approximate surface area is 107 Å². The van der Waals surface area contributed by atoms with Crippen LogP contribution < -0.4 is 10.6 Å². The van der Waals surface area contributed by atoms with Crippen molar-refractivity contribution in [3.05, 3.63) is 23.8 Å². The van der Waals surface area contributed by atoms with Crippen molar-refractivity contribution in [3.8, 4) is 0 Å². The predicted octanol–water partition coefficient (Wildman–Crippen LogP) is 1.11. The smallest absolute Gasteiger partial charge is 0.337 e. The molecule has 0 amide bonds. The van der Waals surface area contributed by atoms with Crippen molar-refractivity contribution < 1.29 is 9.90 Å². The van der Waals surface area contributed by atoms with Crippen LogP contribution in [-0.4, -0.2) is 48.7 Å². The molecule has 1 aromatic carbocycles. The molecule has 0 unspecified atom stereocenters. The summed E-state index contributed by atoms with van der Waals surface area (Å²) < 4.78 is 0. The zero-order valence-electron chi connectivity index (χ0n) is 10.6. The van der Waals surface area contributed by atoms with Gasteiger partial charge >= 0.3 is 5.97 Å². The fourth-order valence-corrected chi connectivity index (χ4v) is 2.37. The zero-order valence-corrected chi connectivity index (χ0v) is 10.6. The van der Waals surface area contributed by atoms with Crippen LogP contribution in [0.1, 0.15) is 17.3 Å². The average molecular weight is 249 g/mol. The van der Waals surface area contributed by atoms with Gasteiger partial charge in [0.15, 0.2) is 0 Å². The normalized spacial score (nSPS) is 16.8. The Balaban J connectivity index is 2.26. The number of para-hydroxylation sites is 1. The molecule has 0 aliphatic carbocycles. The number of nitrogens with zero attached hydrogens (tertiary/aromatic N) is 2. The molecule has 0 aromatic heterocycles. The lowest BCUT2D eigenvalue weighted by molar-refractivity contribution is 0.0697. The van der Waals surface area contributed by atoms with E-state index in [-0.39, 0.29) is 0 Å². The summed E-state index contributed by atoms with van der Waals surface area (Å²) in [4.78, 5) is 15.7. The first-order chi connectivity index (χ1) is 8.63. The van der Waals surface area contributed by atoms with Gasteiger partial charge in [-0.05, 0) is 18.7 Å². The molecule has 18 heavy (non-hydrogen) atoms. The average Bonchev–Trinajstić information content (AvgIpc) is 2.38. The monoisotopic (exact) mass is 249 g/mol. The van der Waals surface area contributed by atoms with Gasteiger partial charge in [-0.15, -0.1) is 0 Å². The molecule has 0 saturated carbocycles. The van der Waals surface area contributed by atoms with E-state index in [0.717, 1.165) is 32.7 Å². The highest BCUT2D eigenvalue weighted by atomic mass is 16.4. The van der Waals surface area contributed by atoms with Crippen LogP contribution in [-0.2, 0) is 0 Å². The molecule has 1 aliphatic rings. The third-order valence-corrected chi connectivity index (χ3v) is 3.43. The Morgan fingerprint density at radius 3 is 2.56 bits per heavy atom. The van der Waals surface area contributed by atoms with Crippen LogP contribution >= 0.6 is 0 Å². The van der Waals surface area contributed by atoms with Gasteiger partial charge in [0, 0.05) is 26.2 Å². The number of rotatable bonds is 3. The second-order valence-corrected chi connectivity index (χ2v) is 4.47. The van der Waals surface area contributed by atoms with Gasteiger partial charge in [0.25, 0.3) is 0 Å². The lowest BCUT2D eigenvalue weighted by Crippen LogP contribution is -2.46. The maximum Gasteiger partial charge on any atom is 0.337 e. The van der Waals surface area contributed by atoms with E-state index < -0.39 is 5.97 Å². The highest BCUT2D eigenvalue weighted by molar-refractivity contribution is 5.98. The van der Waals surface area contributed by atoms with Crippen LogP contribution in [0.2, 0.25) is 0 Å². The van der Waals surface area contributed by atoms with E-state index in [2.05, 4.69) is 16.7 Å². The number of hydrogen-bond acceptors (Lipinski definition) is 4. The Hall–Kier alpha value is -1.75. The molecule has 1 saturated heterocycles. The van der Waals surface area contributed by atoms with E-state index in [1.54, 1.807) is 18.2 Å². The number of anilines is 2. The summed E-state index contributed by atoms with van der Waals surface area (Å²) in [7, 11) is 0. The Bertz CT molecular complexity index is 440. The minimum absolute atomic E-state index is 0.292. The molecule has 3 N–H and O–H groups in total. The van der Waals surface area contributed by atoms with Gasteiger partial charge < -0.3 is 20.6 Å². The van der Waals surface area contributed by atoms with Crippen LogP contribution in [0.5, 0.6) is 0 Å².